The van der Waals surface area contributed by atoms with Crippen molar-refractivity contribution in [1.29, 1.82) is 0 Å². The van der Waals surface area contributed by atoms with E-state index >= 15 is 0 Å². The average molecular weight is 420 g/mol. The molecule has 0 aliphatic carbocycles. The molecule has 156 valence electrons. The lowest BCUT2D eigenvalue weighted by Crippen LogP contribution is -2.50. The van der Waals surface area contributed by atoms with E-state index < -0.39 is 16.1 Å². The Morgan fingerprint density at radius 3 is 2.45 bits per heavy atom. The van der Waals surface area contributed by atoms with Crippen LogP contribution in [-0.2, 0) is 14.8 Å². The van der Waals surface area contributed by atoms with E-state index in [-0.39, 0.29) is 43.2 Å². The number of carbonyl (C=O) groups excluding carboxylic acids is 1. The van der Waals surface area contributed by atoms with E-state index in [0.717, 1.165) is 5.56 Å². The summed E-state index contributed by atoms with van der Waals surface area (Å²) in [6, 6.07) is 6.32. The largest absolute Gasteiger partial charge is 0.450 e. The number of aromatic amines is 1. The van der Waals surface area contributed by atoms with Crippen molar-refractivity contribution in [2.75, 3.05) is 32.8 Å². The molecule has 1 aromatic carbocycles. The van der Waals surface area contributed by atoms with E-state index in [4.69, 9.17) is 4.74 Å². The van der Waals surface area contributed by atoms with Crippen molar-refractivity contribution in [3.05, 3.63) is 45.7 Å². The zero-order valence-corrected chi connectivity index (χ0v) is 17.5. The first-order valence-corrected chi connectivity index (χ1v) is 10.8. The van der Waals surface area contributed by atoms with Gasteiger partial charge in [0, 0.05) is 37.8 Å². The van der Waals surface area contributed by atoms with Gasteiger partial charge in [-0.15, -0.1) is 0 Å². The molecule has 29 heavy (non-hydrogen) atoms. The third-order valence-corrected chi connectivity index (χ3v) is 7.00. The maximum Gasteiger partial charge on any atom is 0.409 e. The molecule has 1 aliphatic heterocycles. The second-order valence-corrected chi connectivity index (χ2v) is 8.72. The Hall–Kier alpha value is -2.72. The fraction of sp³-hybridized carbons (Fsp3) is 0.421. The van der Waals surface area contributed by atoms with Crippen LogP contribution >= 0.6 is 0 Å². The maximum atomic E-state index is 13.3. The van der Waals surface area contributed by atoms with Crippen molar-refractivity contribution in [3.63, 3.8) is 0 Å². The van der Waals surface area contributed by atoms with Gasteiger partial charge in [0.2, 0.25) is 10.0 Å². The highest BCUT2D eigenvalue weighted by atomic mass is 32.2. The van der Waals surface area contributed by atoms with Gasteiger partial charge in [0.05, 0.1) is 17.2 Å². The third-order valence-electron chi connectivity index (χ3n) is 4.98. The van der Waals surface area contributed by atoms with Gasteiger partial charge in [-0.2, -0.15) is 9.40 Å². The Labute approximate surface area is 169 Å². The van der Waals surface area contributed by atoms with Crippen LogP contribution in [0.5, 0.6) is 0 Å². The van der Waals surface area contributed by atoms with Gasteiger partial charge in [0.15, 0.2) is 0 Å². The van der Waals surface area contributed by atoms with E-state index in [1.54, 1.807) is 26.0 Å². The minimum atomic E-state index is -3.76. The lowest BCUT2D eigenvalue weighted by molar-refractivity contribution is 0.0934. The molecule has 0 atom stereocenters. The molecule has 0 unspecified atom stereocenters. The summed E-state index contributed by atoms with van der Waals surface area (Å²) in [5, 5.41) is 6.36. The first kappa shape index (κ1) is 21.0. The van der Waals surface area contributed by atoms with E-state index in [2.05, 4.69) is 10.2 Å². The number of amides is 1. The molecule has 0 saturated carbocycles. The van der Waals surface area contributed by atoms with Gasteiger partial charge in [-0.1, -0.05) is 0 Å². The molecular formula is C19H24N4O5S. The molecule has 0 radical (unpaired) electrons. The number of nitrogens with one attached hydrogen (secondary N) is 1. The van der Waals surface area contributed by atoms with E-state index in [0.29, 0.717) is 16.8 Å². The number of rotatable bonds is 4. The number of sulfonamides is 1. The summed E-state index contributed by atoms with van der Waals surface area (Å²) < 4.78 is 33.0. The quantitative estimate of drug-likeness (QED) is 0.802. The molecule has 3 rings (SSSR count). The van der Waals surface area contributed by atoms with Crippen LogP contribution < -0.4 is 5.56 Å². The Kier molecular flexibility index (Phi) is 6.04. The molecule has 1 fully saturated rings. The number of carbonyl (C=O) groups is 1. The molecule has 9 nitrogen and oxygen atoms in total. The summed E-state index contributed by atoms with van der Waals surface area (Å²) in [6.07, 6.45) is -0.428. The maximum absolute atomic E-state index is 13.3. The van der Waals surface area contributed by atoms with Crippen molar-refractivity contribution in [2.24, 2.45) is 0 Å². The molecule has 1 aromatic heterocycles. The van der Waals surface area contributed by atoms with Crippen LogP contribution in [0, 0.1) is 13.8 Å². The molecule has 1 N–H and O–H groups in total. The Morgan fingerprint density at radius 2 is 1.86 bits per heavy atom. The summed E-state index contributed by atoms with van der Waals surface area (Å²) in [4.78, 5) is 24.8. The lowest BCUT2D eigenvalue weighted by atomic mass is 10.0. The monoisotopic (exact) mass is 420 g/mol. The van der Waals surface area contributed by atoms with Crippen LogP contribution in [0.15, 0.2) is 34.0 Å². The minimum absolute atomic E-state index is 0.195. The summed E-state index contributed by atoms with van der Waals surface area (Å²) in [5.41, 5.74) is 2.22. The molecule has 0 bridgehead atoms. The van der Waals surface area contributed by atoms with Gasteiger partial charge < -0.3 is 9.64 Å². The predicted octanol–water partition coefficient (Wildman–Crippen LogP) is 1.52. The number of hydrogen-bond donors (Lipinski definition) is 1. The molecule has 0 spiro atoms. The highest BCUT2D eigenvalue weighted by molar-refractivity contribution is 7.89. The highest BCUT2D eigenvalue weighted by Gasteiger charge is 2.32. The Balaban J connectivity index is 1.90. The van der Waals surface area contributed by atoms with Gasteiger partial charge in [-0.3, -0.25) is 4.79 Å². The second kappa shape index (κ2) is 8.34. The number of aromatic nitrogens is 2. The molecule has 2 aromatic rings. The number of hydrogen-bond acceptors (Lipinski definition) is 6. The van der Waals surface area contributed by atoms with Gasteiger partial charge in [-0.05, 0) is 50.1 Å². The zero-order chi connectivity index (χ0) is 21.2. The normalized spacial score (nSPS) is 15.3. The van der Waals surface area contributed by atoms with E-state index in [1.165, 1.54) is 15.3 Å². The Bertz CT molecular complexity index is 1050. The summed E-state index contributed by atoms with van der Waals surface area (Å²) in [5.74, 6) is 0. The van der Waals surface area contributed by atoms with Gasteiger partial charge >= 0.3 is 6.09 Å². The number of benzene rings is 1. The number of aryl methyl sites for hydroxylation is 1. The third kappa shape index (κ3) is 4.33. The number of nitrogens with zero attached hydrogens (tertiary/aromatic N) is 3. The standard InChI is InChI=1S/C19H24N4O5S/c1-4-28-19(25)22-7-9-23(10-8-22)29(26,27)17-12-15(11-13(2)14(17)3)16-5-6-18(24)21-20-16/h5-6,11-12H,4,7-10H2,1-3H3,(H,21,24). The zero-order valence-electron chi connectivity index (χ0n) is 16.6. The van der Waals surface area contributed by atoms with Gasteiger partial charge in [-0.25, -0.2) is 18.3 Å². The fourth-order valence-corrected chi connectivity index (χ4v) is 4.96. The van der Waals surface area contributed by atoms with Crippen LogP contribution in [0.4, 0.5) is 4.79 Å². The van der Waals surface area contributed by atoms with Crippen molar-refractivity contribution < 1.29 is 17.9 Å². The van der Waals surface area contributed by atoms with Crippen molar-refractivity contribution >= 4 is 16.1 Å². The SMILES string of the molecule is CCOC(=O)N1CCN(S(=O)(=O)c2cc(-c3ccc(=O)[nH]n3)cc(C)c2C)CC1. The van der Waals surface area contributed by atoms with Crippen LogP contribution in [-0.4, -0.2) is 66.7 Å². The van der Waals surface area contributed by atoms with Crippen molar-refractivity contribution in [1.82, 2.24) is 19.4 Å². The van der Waals surface area contributed by atoms with E-state index in [1.807, 2.05) is 13.0 Å². The van der Waals surface area contributed by atoms with Crippen LogP contribution in [0.1, 0.15) is 18.1 Å². The number of piperazine rings is 1. The summed E-state index contributed by atoms with van der Waals surface area (Å²) in [6.45, 7) is 6.55. The predicted molar refractivity (Wildman–Crippen MR) is 107 cm³/mol. The average Bonchev–Trinajstić information content (AvgIpc) is 2.70. The molecule has 1 saturated heterocycles. The van der Waals surface area contributed by atoms with Crippen LogP contribution in [0.25, 0.3) is 11.3 Å². The molecule has 1 amide bonds. The lowest BCUT2D eigenvalue weighted by Gasteiger charge is -2.33. The summed E-state index contributed by atoms with van der Waals surface area (Å²) in [7, 11) is -3.76. The van der Waals surface area contributed by atoms with Crippen molar-refractivity contribution in [2.45, 2.75) is 25.7 Å². The topological polar surface area (TPSA) is 113 Å². The van der Waals surface area contributed by atoms with Gasteiger partial charge in [0.1, 0.15) is 0 Å². The fourth-order valence-electron chi connectivity index (χ4n) is 3.21. The van der Waals surface area contributed by atoms with Gasteiger partial charge in [0.25, 0.3) is 5.56 Å². The smallest absolute Gasteiger partial charge is 0.409 e. The van der Waals surface area contributed by atoms with Crippen LogP contribution in [0.2, 0.25) is 0 Å². The first-order valence-electron chi connectivity index (χ1n) is 9.33. The first-order chi connectivity index (χ1) is 13.7. The second-order valence-electron chi connectivity index (χ2n) is 6.81. The minimum Gasteiger partial charge on any atom is -0.450 e. The van der Waals surface area contributed by atoms with E-state index in [9.17, 15) is 18.0 Å². The number of H-pyrrole nitrogens is 1. The molecule has 10 heteroatoms. The van der Waals surface area contributed by atoms with Crippen LogP contribution in [0.3, 0.4) is 0 Å². The summed E-state index contributed by atoms with van der Waals surface area (Å²) >= 11 is 0. The van der Waals surface area contributed by atoms with Crippen molar-refractivity contribution in [3.8, 4) is 11.3 Å². The molecule has 2 heterocycles. The molecule has 1 aliphatic rings. The highest BCUT2D eigenvalue weighted by Crippen LogP contribution is 2.29. The molecular weight excluding hydrogens is 396 g/mol. The number of ether oxygens (including phenoxy) is 1. The Morgan fingerprint density at radius 1 is 1.17 bits per heavy atom.